The smallest absolute Gasteiger partial charge is 0.194 e. The first-order valence-electron chi connectivity index (χ1n) is 9.42. The summed E-state index contributed by atoms with van der Waals surface area (Å²) >= 11 is 7.96. The molecule has 2 heterocycles. The molecule has 2 aromatic heterocycles. The van der Waals surface area contributed by atoms with Crippen molar-refractivity contribution in [3.05, 3.63) is 46.6 Å². The van der Waals surface area contributed by atoms with Crippen LogP contribution in [0, 0.1) is 17.8 Å². The molecule has 4 fully saturated rings. The molecular weight excluding hydrogens is 383 g/mol. The van der Waals surface area contributed by atoms with Crippen LogP contribution in [-0.4, -0.2) is 9.38 Å². The van der Waals surface area contributed by atoms with E-state index in [0.29, 0.717) is 5.41 Å². The molecule has 4 saturated carbocycles. The van der Waals surface area contributed by atoms with Crippen LogP contribution in [0.1, 0.15) is 44.2 Å². The summed E-state index contributed by atoms with van der Waals surface area (Å²) in [5.74, 6) is 2.87. The summed E-state index contributed by atoms with van der Waals surface area (Å²) in [6.45, 7) is 0. The maximum atomic E-state index is 6.21. The summed E-state index contributed by atoms with van der Waals surface area (Å²) in [5, 5.41) is 3.00. The summed E-state index contributed by atoms with van der Waals surface area (Å²) in [7, 11) is 0. The summed E-state index contributed by atoms with van der Waals surface area (Å²) in [6.07, 6.45) is 10.9. The topological polar surface area (TPSA) is 17.3 Å². The van der Waals surface area contributed by atoms with Gasteiger partial charge in [-0.2, -0.15) is 0 Å². The van der Waals surface area contributed by atoms with Crippen molar-refractivity contribution in [1.29, 1.82) is 0 Å². The van der Waals surface area contributed by atoms with Crippen molar-refractivity contribution in [3.63, 3.8) is 0 Å². The van der Waals surface area contributed by atoms with Gasteiger partial charge < -0.3 is 0 Å². The van der Waals surface area contributed by atoms with Gasteiger partial charge in [0.1, 0.15) is 0 Å². The second-order valence-corrected chi connectivity index (χ2v) is 9.88. The maximum absolute atomic E-state index is 6.21. The zero-order chi connectivity index (χ0) is 16.6. The van der Waals surface area contributed by atoms with Crippen molar-refractivity contribution in [2.24, 2.45) is 17.8 Å². The van der Waals surface area contributed by atoms with Gasteiger partial charge in [-0.25, -0.2) is 4.98 Å². The van der Waals surface area contributed by atoms with Crippen molar-refractivity contribution >= 4 is 40.3 Å². The van der Waals surface area contributed by atoms with Crippen LogP contribution in [0.2, 0.25) is 5.02 Å². The van der Waals surface area contributed by atoms with Gasteiger partial charge in [0.05, 0.1) is 11.4 Å². The van der Waals surface area contributed by atoms with Crippen LogP contribution in [0.25, 0.3) is 16.2 Å². The molecule has 7 rings (SSSR count). The number of nitrogens with zero attached hydrogens (tertiary/aromatic N) is 2. The van der Waals surface area contributed by atoms with E-state index in [1.165, 1.54) is 55.5 Å². The third kappa shape index (κ3) is 2.47. The Hall–Kier alpha value is -1.03. The molecule has 0 unspecified atom stereocenters. The molecule has 0 N–H and O–H groups in total. The summed E-state index contributed by atoms with van der Waals surface area (Å²) in [4.78, 5) is 6.25. The number of benzene rings is 1. The van der Waals surface area contributed by atoms with Gasteiger partial charge in [0, 0.05) is 27.6 Å². The SMILES string of the molecule is Cl.Clc1cccc(-c2csc3nc(C45CC6CC(CC(C6)C4)C5)cn23)c1. The number of rotatable bonds is 2. The zero-order valence-corrected chi connectivity index (χ0v) is 16.9. The Bertz CT molecular complexity index is 938. The van der Waals surface area contributed by atoms with Crippen LogP contribution in [0.5, 0.6) is 0 Å². The zero-order valence-electron chi connectivity index (χ0n) is 14.5. The average Bonchev–Trinajstić information content (AvgIpc) is 3.14. The Morgan fingerprint density at radius 2 is 1.77 bits per heavy atom. The van der Waals surface area contributed by atoms with Gasteiger partial charge in [-0.05, 0) is 68.4 Å². The molecule has 4 aliphatic carbocycles. The lowest BCUT2D eigenvalue weighted by Gasteiger charge is -2.56. The van der Waals surface area contributed by atoms with Gasteiger partial charge in [-0.3, -0.25) is 4.40 Å². The molecule has 0 amide bonds. The molecule has 5 heteroatoms. The largest absolute Gasteiger partial charge is 0.290 e. The van der Waals surface area contributed by atoms with Crippen molar-refractivity contribution in [2.45, 2.75) is 43.9 Å². The second kappa shape index (κ2) is 5.98. The maximum Gasteiger partial charge on any atom is 0.194 e. The Morgan fingerprint density at radius 3 is 2.42 bits per heavy atom. The third-order valence-corrected chi connectivity index (χ3v) is 7.99. The molecule has 2 nitrogen and oxygen atoms in total. The minimum atomic E-state index is 0. The minimum absolute atomic E-state index is 0. The van der Waals surface area contributed by atoms with Crippen LogP contribution in [-0.2, 0) is 5.41 Å². The van der Waals surface area contributed by atoms with Gasteiger partial charge in [0.25, 0.3) is 0 Å². The Morgan fingerprint density at radius 1 is 1.08 bits per heavy atom. The predicted octanol–water partition coefficient (Wildman–Crippen LogP) is 6.61. The number of aromatic nitrogens is 2. The lowest BCUT2D eigenvalue weighted by Crippen LogP contribution is -2.48. The molecule has 0 aliphatic heterocycles. The molecule has 4 bridgehead atoms. The van der Waals surface area contributed by atoms with Crippen molar-refractivity contribution in [3.8, 4) is 11.3 Å². The van der Waals surface area contributed by atoms with Crippen LogP contribution < -0.4 is 0 Å². The van der Waals surface area contributed by atoms with Crippen molar-refractivity contribution in [1.82, 2.24) is 9.38 Å². The van der Waals surface area contributed by atoms with Crippen molar-refractivity contribution < 1.29 is 0 Å². The van der Waals surface area contributed by atoms with E-state index in [-0.39, 0.29) is 12.4 Å². The summed E-state index contributed by atoms with van der Waals surface area (Å²) < 4.78 is 2.30. The lowest BCUT2D eigenvalue weighted by molar-refractivity contribution is -0.00696. The van der Waals surface area contributed by atoms with Gasteiger partial charge in [0.15, 0.2) is 4.96 Å². The van der Waals surface area contributed by atoms with Crippen LogP contribution in [0.3, 0.4) is 0 Å². The van der Waals surface area contributed by atoms with Crippen LogP contribution >= 0.6 is 35.3 Å². The molecule has 136 valence electrons. The molecule has 3 aromatic rings. The van der Waals surface area contributed by atoms with E-state index in [1.54, 1.807) is 11.3 Å². The minimum Gasteiger partial charge on any atom is -0.290 e. The molecule has 0 saturated heterocycles. The highest BCUT2D eigenvalue weighted by atomic mass is 35.5. The fourth-order valence-electron chi connectivity index (χ4n) is 6.32. The van der Waals surface area contributed by atoms with E-state index in [4.69, 9.17) is 16.6 Å². The van der Waals surface area contributed by atoms with E-state index in [0.717, 1.165) is 27.7 Å². The van der Waals surface area contributed by atoms with Crippen molar-refractivity contribution in [2.75, 3.05) is 0 Å². The molecule has 26 heavy (non-hydrogen) atoms. The summed E-state index contributed by atoms with van der Waals surface area (Å²) in [5.41, 5.74) is 4.12. The number of hydrogen-bond donors (Lipinski definition) is 0. The number of imidazole rings is 1. The van der Waals surface area contributed by atoms with E-state index < -0.39 is 0 Å². The normalized spacial score (nSPS) is 32.1. The highest BCUT2D eigenvalue weighted by molar-refractivity contribution is 7.15. The van der Waals surface area contributed by atoms with Crippen LogP contribution in [0.4, 0.5) is 0 Å². The summed E-state index contributed by atoms with van der Waals surface area (Å²) in [6, 6.07) is 8.15. The Kier molecular flexibility index (Phi) is 3.93. The van der Waals surface area contributed by atoms with E-state index in [2.05, 4.69) is 22.0 Å². The van der Waals surface area contributed by atoms with Gasteiger partial charge >= 0.3 is 0 Å². The lowest BCUT2D eigenvalue weighted by atomic mass is 9.49. The molecule has 1 aromatic carbocycles. The second-order valence-electron chi connectivity index (χ2n) is 8.61. The highest BCUT2D eigenvalue weighted by Crippen LogP contribution is 2.60. The first-order valence-corrected chi connectivity index (χ1v) is 10.7. The molecule has 0 spiro atoms. The molecule has 0 atom stereocenters. The number of hydrogen-bond acceptors (Lipinski definition) is 2. The quantitative estimate of drug-likeness (QED) is 0.469. The fraction of sp³-hybridized carbons (Fsp3) is 0.476. The Balaban J connectivity index is 0.00000150. The van der Waals surface area contributed by atoms with Crippen LogP contribution in [0.15, 0.2) is 35.8 Å². The van der Waals surface area contributed by atoms with E-state index >= 15 is 0 Å². The number of thiazole rings is 1. The molecular formula is C21H22Cl2N2S. The number of halogens is 2. The fourth-order valence-corrected chi connectivity index (χ4v) is 7.39. The standard InChI is InChI=1S/C21H21ClN2S.ClH/c22-17-3-1-2-16(7-17)18-12-25-20-23-19(11-24(18)20)21-8-13-4-14(9-21)6-15(5-13)10-21;/h1-3,7,11-15H,4-6,8-10H2;1H. The van der Waals surface area contributed by atoms with E-state index in [9.17, 15) is 0 Å². The third-order valence-electron chi connectivity index (χ3n) is 6.91. The van der Waals surface area contributed by atoms with Gasteiger partial charge in [-0.1, -0.05) is 23.7 Å². The van der Waals surface area contributed by atoms with Gasteiger partial charge in [-0.15, -0.1) is 23.7 Å². The first kappa shape index (κ1) is 17.1. The molecule has 0 radical (unpaired) electrons. The average molecular weight is 405 g/mol. The van der Waals surface area contributed by atoms with Gasteiger partial charge in [0.2, 0.25) is 0 Å². The molecule has 4 aliphatic rings. The first-order chi connectivity index (χ1) is 12.2. The number of fused-ring (bicyclic) bond motifs is 1. The van der Waals surface area contributed by atoms with E-state index in [1.807, 2.05) is 18.2 Å². The highest BCUT2D eigenvalue weighted by Gasteiger charge is 2.52. The Labute approximate surface area is 169 Å². The monoisotopic (exact) mass is 404 g/mol. The predicted molar refractivity (Wildman–Crippen MR) is 111 cm³/mol.